The molecule has 29 heavy (non-hydrogen) atoms. The summed E-state index contributed by atoms with van der Waals surface area (Å²) in [6.45, 7) is 0.0825. The van der Waals surface area contributed by atoms with E-state index in [1.807, 2.05) is 0 Å². The predicted octanol–water partition coefficient (Wildman–Crippen LogP) is 2.40. The minimum atomic E-state index is -0.524. The number of benzene rings is 1. The molecular formula is C19H16FN3O4S2. The van der Waals surface area contributed by atoms with Crippen LogP contribution >= 0.6 is 23.5 Å². The van der Waals surface area contributed by atoms with Gasteiger partial charge in [0.25, 0.3) is 16.2 Å². The van der Waals surface area contributed by atoms with Gasteiger partial charge in [0, 0.05) is 30.8 Å². The molecule has 0 bridgehead atoms. The molecule has 0 radical (unpaired) electrons. The Labute approximate surface area is 174 Å². The molecule has 0 saturated carbocycles. The normalized spacial score (nSPS) is 15.2. The molecule has 3 rings (SSSR count). The zero-order valence-corrected chi connectivity index (χ0v) is 16.7. The highest BCUT2D eigenvalue weighted by molar-refractivity contribution is 8.18. The maximum Gasteiger partial charge on any atom is 0.293 e. The average Bonchev–Trinajstić information content (AvgIpc) is 2.96. The molecule has 1 fully saturated rings. The highest BCUT2D eigenvalue weighted by atomic mass is 32.2. The molecule has 2 heterocycles. The van der Waals surface area contributed by atoms with Gasteiger partial charge in [-0.1, -0.05) is 18.2 Å². The third kappa shape index (κ3) is 5.36. The number of amides is 3. The molecule has 1 aromatic heterocycles. The first kappa shape index (κ1) is 20.9. The van der Waals surface area contributed by atoms with E-state index in [0.717, 1.165) is 28.4 Å². The fraction of sp³-hybridized carbons (Fsp3) is 0.158. The first-order chi connectivity index (χ1) is 14.0. The summed E-state index contributed by atoms with van der Waals surface area (Å²) in [5.74, 6) is -1.31. The predicted molar refractivity (Wildman–Crippen MR) is 108 cm³/mol. The van der Waals surface area contributed by atoms with Crippen LogP contribution in [0.1, 0.15) is 5.56 Å². The number of halogens is 1. The van der Waals surface area contributed by atoms with Gasteiger partial charge in [0.2, 0.25) is 5.91 Å². The highest BCUT2D eigenvalue weighted by Crippen LogP contribution is 2.32. The SMILES string of the molecule is O=C(CSc1cccc[n+]1[O-])NCCN1C(=O)S/C(=C\c2ccccc2F)C1=O. The Morgan fingerprint density at radius 1 is 1.24 bits per heavy atom. The van der Waals surface area contributed by atoms with E-state index in [1.54, 1.807) is 24.3 Å². The van der Waals surface area contributed by atoms with Gasteiger partial charge >= 0.3 is 0 Å². The van der Waals surface area contributed by atoms with E-state index in [9.17, 15) is 24.0 Å². The van der Waals surface area contributed by atoms with Crippen molar-refractivity contribution in [2.45, 2.75) is 5.03 Å². The number of thioether (sulfide) groups is 2. The van der Waals surface area contributed by atoms with Crippen LogP contribution in [0.2, 0.25) is 0 Å². The van der Waals surface area contributed by atoms with E-state index in [2.05, 4.69) is 5.32 Å². The van der Waals surface area contributed by atoms with E-state index >= 15 is 0 Å². The van der Waals surface area contributed by atoms with Crippen LogP contribution in [-0.4, -0.2) is 40.8 Å². The van der Waals surface area contributed by atoms with Crippen molar-refractivity contribution in [3.8, 4) is 0 Å². The van der Waals surface area contributed by atoms with Crippen LogP contribution in [0, 0.1) is 11.0 Å². The van der Waals surface area contributed by atoms with Crippen molar-refractivity contribution >= 4 is 46.7 Å². The maximum atomic E-state index is 13.7. The van der Waals surface area contributed by atoms with Crippen LogP contribution in [0.25, 0.3) is 6.08 Å². The molecule has 0 unspecified atom stereocenters. The first-order valence-electron chi connectivity index (χ1n) is 8.53. The van der Waals surface area contributed by atoms with Crippen LogP contribution in [0.4, 0.5) is 9.18 Å². The smallest absolute Gasteiger partial charge is 0.293 e. The molecule has 2 aromatic rings. The summed E-state index contributed by atoms with van der Waals surface area (Å²) in [5.41, 5.74) is 0.222. The third-order valence-corrected chi connectivity index (χ3v) is 5.79. The van der Waals surface area contributed by atoms with Gasteiger partial charge in [0.05, 0.1) is 10.7 Å². The fourth-order valence-corrected chi connectivity index (χ4v) is 4.05. The monoisotopic (exact) mass is 433 g/mol. The van der Waals surface area contributed by atoms with Crippen molar-refractivity contribution in [2.75, 3.05) is 18.8 Å². The van der Waals surface area contributed by atoms with Crippen molar-refractivity contribution in [1.82, 2.24) is 10.2 Å². The number of hydrogen-bond acceptors (Lipinski definition) is 6. The largest absolute Gasteiger partial charge is 0.618 e. The molecule has 1 N–H and O–H groups in total. The van der Waals surface area contributed by atoms with Gasteiger partial charge in [-0.2, -0.15) is 4.73 Å². The second-order valence-electron chi connectivity index (χ2n) is 5.86. The van der Waals surface area contributed by atoms with Gasteiger partial charge in [-0.3, -0.25) is 19.3 Å². The average molecular weight is 433 g/mol. The number of pyridine rings is 1. The number of carbonyl (C=O) groups is 3. The number of nitrogens with one attached hydrogen (secondary N) is 1. The molecule has 1 aromatic carbocycles. The van der Waals surface area contributed by atoms with Crippen LogP contribution < -0.4 is 10.0 Å². The summed E-state index contributed by atoms with van der Waals surface area (Å²) >= 11 is 1.81. The van der Waals surface area contributed by atoms with Crippen molar-refractivity contribution in [3.63, 3.8) is 0 Å². The topological polar surface area (TPSA) is 93.4 Å². The van der Waals surface area contributed by atoms with Gasteiger partial charge in [0.1, 0.15) is 5.82 Å². The van der Waals surface area contributed by atoms with E-state index in [0.29, 0.717) is 9.76 Å². The van der Waals surface area contributed by atoms with Gasteiger partial charge in [-0.05, 0) is 41.7 Å². The Morgan fingerprint density at radius 2 is 2.00 bits per heavy atom. The first-order valence-corrected chi connectivity index (χ1v) is 10.3. The summed E-state index contributed by atoms with van der Waals surface area (Å²) < 4.78 is 14.4. The molecule has 0 aliphatic carbocycles. The molecule has 3 amide bonds. The van der Waals surface area contributed by atoms with Crippen LogP contribution in [0.5, 0.6) is 0 Å². The molecule has 0 spiro atoms. The maximum absolute atomic E-state index is 13.7. The van der Waals surface area contributed by atoms with Crippen molar-refractivity contribution in [3.05, 3.63) is 70.2 Å². The summed E-state index contributed by atoms with van der Waals surface area (Å²) in [4.78, 5) is 37.5. The molecule has 1 aliphatic heterocycles. The Morgan fingerprint density at radius 3 is 2.76 bits per heavy atom. The number of hydrogen-bond donors (Lipinski definition) is 1. The standard InChI is InChI=1S/C19H16FN3O4S2/c20-14-6-2-1-5-13(14)11-15-18(25)22(19(26)29-15)10-8-21-16(24)12-28-17-7-3-4-9-23(17)27/h1-7,9,11H,8,10,12H2,(H,21,24)/b15-11-. The lowest BCUT2D eigenvalue weighted by Crippen LogP contribution is -2.38. The minimum absolute atomic E-state index is 0.00256. The summed E-state index contributed by atoms with van der Waals surface area (Å²) in [6, 6.07) is 10.8. The Balaban J connectivity index is 1.50. The lowest BCUT2D eigenvalue weighted by Gasteiger charge is -2.12. The summed E-state index contributed by atoms with van der Waals surface area (Å²) in [7, 11) is 0. The summed E-state index contributed by atoms with van der Waals surface area (Å²) in [6.07, 6.45) is 2.68. The van der Waals surface area contributed by atoms with Crippen molar-refractivity contribution in [1.29, 1.82) is 0 Å². The van der Waals surface area contributed by atoms with E-state index < -0.39 is 17.0 Å². The lowest BCUT2D eigenvalue weighted by atomic mass is 10.2. The zero-order valence-electron chi connectivity index (χ0n) is 15.0. The van der Waals surface area contributed by atoms with E-state index in [-0.39, 0.29) is 35.2 Å². The lowest BCUT2D eigenvalue weighted by molar-refractivity contribution is -0.645. The van der Waals surface area contributed by atoms with Gasteiger partial charge in [0.15, 0.2) is 6.20 Å². The van der Waals surface area contributed by atoms with Crippen LogP contribution in [-0.2, 0) is 9.59 Å². The Bertz CT molecular complexity index is 983. The number of aromatic nitrogens is 1. The van der Waals surface area contributed by atoms with Gasteiger partial charge < -0.3 is 10.5 Å². The molecule has 7 nitrogen and oxygen atoms in total. The second-order valence-corrected chi connectivity index (χ2v) is 7.85. The van der Waals surface area contributed by atoms with Gasteiger partial charge in [-0.25, -0.2) is 4.39 Å². The number of carbonyl (C=O) groups excluding carboxylic acids is 3. The second kappa shape index (κ2) is 9.57. The quantitative estimate of drug-likeness (QED) is 0.312. The molecule has 150 valence electrons. The molecule has 1 aliphatic rings. The van der Waals surface area contributed by atoms with Crippen LogP contribution in [0.15, 0.2) is 58.6 Å². The Hall–Kier alpha value is -2.85. The molecule has 10 heteroatoms. The zero-order chi connectivity index (χ0) is 20.8. The van der Waals surface area contributed by atoms with Gasteiger partial charge in [-0.15, -0.1) is 0 Å². The fourth-order valence-electron chi connectivity index (χ4n) is 2.45. The minimum Gasteiger partial charge on any atom is -0.618 e. The number of rotatable bonds is 7. The van der Waals surface area contributed by atoms with E-state index in [4.69, 9.17) is 0 Å². The molecular weight excluding hydrogens is 417 g/mol. The Kier molecular flexibility index (Phi) is 6.89. The van der Waals surface area contributed by atoms with Crippen molar-refractivity contribution < 1.29 is 23.5 Å². The molecule has 1 saturated heterocycles. The third-order valence-electron chi connectivity index (χ3n) is 3.86. The number of nitrogens with zero attached hydrogens (tertiary/aromatic N) is 2. The van der Waals surface area contributed by atoms with Crippen molar-refractivity contribution in [2.24, 2.45) is 0 Å². The molecule has 0 atom stereocenters. The van der Waals surface area contributed by atoms with E-state index in [1.165, 1.54) is 30.5 Å². The number of imide groups is 1. The van der Waals surface area contributed by atoms with Crippen LogP contribution in [0.3, 0.4) is 0 Å². The highest BCUT2D eigenvalue weighted by Gasteiger charge is 2.34. The summed E-state index contributed by atoms with van der Waals surface area (Å²) in [5, 5.41) is 14.1.